The van der Waals surface area contributed by atoms with Gasteiger partial charge in [-0.15, -0.1) is 0 Å². The smallest absolute Gasteiger partial charge is 0.105 e. The fraction of sp³-hybridized carbons (Fsp3) is 0.364. The van der Waals surface area contributed by atoms with Crippen LogP contribution in [0.5, 0.6) is 0 Å². The van der Waals surface area contributed by atoms with E-state index in [0.29, 0.717) is 23.3 Å². The predicted molar refractivity (Wildman–Crippen MR) is 71.8 cm³/mol. The summed E-state index contributed by atoms with van der Waals surface area (Å²) in [7, 11) is 0. The third-order valence-corrected chi connectivity index (χ3v) is 2.80. The highest BCUT2D eigenvalue weighted by Crippen LogP contribution is 2.20. The quantitative estimate of drug-likeness (QED) is 0.470. The average molecular weight is 257 g/mol. The number of thiocarbonyl (C=S) groups is 1. The lowest BCUT2D eigenvalue weighted by molar-refractivity contribution is 0.0172. The van der Waals surface area contributed by atoms with E-state index in [1.807, 2.05) is 0 Å². The lowest BCUT2D eigenvalue weighted by Crippen LogP contribution is -2.19. The molecule has 1 aromatic carbocycles. The molecule has 0 aliphatic heterocycles. The Morgan fingerprint density at radius 3 is 2.69 bits per heavy atom. The normalized spacial score (nSPS) is 14.4. The summed E-state index contributed by atoms with van der Waals surface area (Å²) >= 11 is 8.85. The van der Waals surface area contributed by atoms with Crippen LogP contribution in [0.4, 0.5) is 0 Å². The lowest BCUT2D eigenvalue weighted by Gasteiger charge is -2.17. The van der Waals surface area contributed by atoms with E-state index in [4.69, 9.17) is 18.0 Å². The van der Waals surface area contributed by atoms with Crippen molar-refractivity contribution in [2.24, 2.45) is 5.73 Å². The Hall–Kier alpha value is -0.620. The van der Waals surface area contributed by atoms with Crippen molar-refractivity contribution >= 4 is 29.8 Å². The summed E-state index contributed by atoms with van der Waals surface area (Å²) in [5.74, 6) is 0.521. The molecule has 0 aliphatic carbocycles. The highest BCUT2D eigenvalue weighted by atomic mass is 32.1. The van der Waals surface area contributed by atoms with Gasteiger partial charge in [0.15, 0.2) is 0 Å². The molecule has 0 amide bonds. The van der Waals surface area contributed by atoms with Gasteiger partial charge in [-0.25, -0.2) is 0 Å². The van der Waals surface area contributed by atoms with Crippen molar-refractivity contribution in [3.8, 4) is 0 Å². The van der Waals surface area contributed by atoms with Gasteiger partial charge in [0.05, 0.1) is 6.10 Å². The third kappa shape index (κ3) is 3.45. The standard InChI is InChI=1S/C11H15NO2S2/c12-11(16)8-3-1-2-7(6-8)10(14)9(13)4-5-15/h1-3,6,9-10,13-15H,4-5H2,(H2,12,16). The fourth-order valence-corrected chi connectivity index (χ4v) is 1.78. The molecule has 16 heavy (non-hydrogen) atoms. The van der Waals surface area contributed by atoms with Gasteiger partial charge in [0.1, 0.15) is 11.1 Å². The number of nitrogens with two attached hydrogens (primary N) is 1. The zero-order valence-electron chi connectivity index (χ0n) is 8.71. The highest BCUT2D eigenvalue weighted by Gasteiger charge is 2.17. The molecule has 0 aromatic heterocycles. The summed E-state index contributed by atoms with van der Waals surface area (Å²) < 4.78 is 0. The summed E-state index contributed by atoms with van der Waals surface area (Å²) in [6, 6.07) is 6.94. The molecule has 0 heterocycles. The van der Waals surface area contributed by atoms with Crippen LogP contribution in [0.2, 0.25) is 0 Å². The Labute approximate surface area is 106 Å². The topological polar surface area (TPSA) is 66.5 Å². The molecule has 2 unspecified atom stereocenters. The molecule has 1 rings (SSSR count). The van der Waals surface area contributed by atoms with Crippen LogP contribution in [0.15, 0.2) is 24.3 Å². The number of hydrogen-bond donors (Lipinski definition) is 4. The number of thiol groups is 1. The second-order valence-electron chi connectivity index (χ2n) is 3.51. The Kier molecular flexibility index (Phi) is 5.21. The van der Waals surface area contributed by atoms with E-state index >= 15 is 0 Å². The molecule has 0 bridgehead atoms. The maximum absolute atomic E-state index is 9.86. The lowest BCUT2D eigenvalue weighted by atomic mass is 10.0. The molecule has 88 valence electrons. The molecule has 0 fully saturated rings. The van der Waals surface area contributed by atoms with E-state index in [1.165, 1.54) is 0 Å². The maximum atomic E-state index is 9.86. The molecule has 0 spiro atoms. The van der Waals surface area contributed by atoms with Crippen LogP contribution in [0.1, 0.15) is 23.7 Å². The largest absolute Gasteiger partial charge is 0.390 e. The van der Waals surface area contributed by atoms with E-state index in [0.717, 1.165) is 0 Å². The van der Waals surface area contributed by atoms with Crippen molar-refractivity contribution in [1.29, 1.82) is 0 Å². The number of benzene rings is 1. The summed E-state index contributed by atoms with van der Waals surface area (Å²) in [5, 5.41) is 19.5. The first kappa shape index (κ1) is 13.4. The molecule has 0 saturated heterocycles. The zero-order valence-corrected chi connectivity index (χ0v) is 10.4. The first-order valence-electron chi connectivity index (χ1n) is 4.93. The van der Waals surface area contributed by atoms with E-state index in [2.05, 4.69) is 12.6 Å². The van der Waals surface area contributed by atoms with E-state index in [-0.39, 0.29) is 4.99 Å². The van der Waals surface area contributed by atoms with Gasteiger partial charge >= 0.3 is 0 Å². The number of hydrogen-bond acceptors (Lipinski definition) is 4. The van der Waals surface area contributed by atoms with Crippen molar-refractivity contribution in [2.45, 2.75) is 18.6 Å². The van der Waals surface area contributed by atoms with Gasteiger partial charge in [-0.05, 0) is 23.8 Å². The minimum atomic E-state index is -0.929. The third-order valence-electron chi connectivity index (χ3n) is 2.30. The first-order chi connectivity index (χ1) is 7.56. The van der Waals surface area contributed by atoms with Gasteiger partial charge < -0.3 is 15.9 Å². The van der Waals surface area contributed by atoms with E-state index in [9.17, 15) is 10.2 Å². The first-order valence-corrected chi connectivity index (χ1v) is 5.97. The summed E-state index contributed by atoms with van der Waals surface area (Å²) in [4.78, 5) is 0.276. The van der Waals surface area contributed by atoms with Gasteiger partial charge in [-0.3, -0.25) is 0 Å². The molecule has 1 aromatic rings. The molecule has 0 saturated carbocycles. The SMILES string of the molecule is NC(=S)c1cccc(C(O)C(O)CCS)c1. The van der Waals surface area contributed by atoms with Crippen LogP contribution in [0.25, 0.3) is 0 Å². The summed E-state index contributed by atoms with van der Waals surface area (Å²) in [6.07, 6.45) is -1.32. The van der Waals surface area contributed by atoms with E-state index < -0.39 is 12.2 Å². The highest BCUT2D eigenvalue weighted by molar-refractivity contribution is 7.80. The fourth-order valence-electron chi connectivity index (χ4n) is 1.39. The Morgan fingerprint density at radius 2 is 2.12 bits per heavy atom. The molecule has 3 nitrogen and oxygen atoms in total. The van der Waals surface area contributed by atoms with Crippen LogP contribution in [-0.2, 0) is 0 Å². The van der Waals surface area contributed by atoms with Crippen molar-refractivity contribution in [3.05, 3.63) is 35.4 Å². The second-order valence-corrected chi connectivity index (χ2v) is 4.40. The minimum Gasteiger partial charge on any atom is -0.390 e. The van der Waals surface area contributed by atoms with Crippen LogP contribution in [0, 0.1) is 0 Å². The van der Waals surface area contributed by atoms with Crippen LogP contribution >= 0.6 is 24.8 Å². The molecule has 0 aliphatic rings. The number of rotatable bonds is 5. The predicted octanol–water partition coefficient (Wildman–Crippen LogP) is 1.03. The van der Waals surface area contributed by atoms with Crippen molar-refractivity contribution in [2.75, 3.05) is 5.75 Å². The van der Waals surface area contributed by atoms with E-state index in [1.54, 1.807) is 24.3 Å². The summed E-state index contributed by atoms with van der Waals surface area (Å²) in [6.45, 7) is 0. The number of aliphatic hydroxyl groups is 2. The molecule has 0 radical (unpaired) electrons. The molecule has 5 heteroatoms. The van der Waals surface area contributed by atoms with Gasteiger partial charge in [-0.1, -0.05) is 30.4 Å². The molecule has 2 atom stereocenters. The van der Waals surface area contributed by atoms with Crippen molar-refractivity contribution in [1.82, 2.24) is 0 Å². The molecular formula is C11H15NO2S2. The van der Waals surface area contributed by atoms with Gasteiger partial charge in [0, 0.05) is 5.56 Å². The van der Waals surface area contributed by atoms with Crippen LogP contribution < -0.4 is 5.73 Å². The Bertz CT molecular complexity index is 371. The van der Waals surface area contributed by atoms with Gasteiger partial charge in [0.25, 0.3) is 0 Å². The van der Waals surface area contributed by atoms with Gasteiger partial charge in [-0.2, -0.15) is 12.6 Å². The summed E-state index contributed by atoms with van der Waals surface area (Å²) in [5.41, 5.74) is 6.79. The monoisotopic (exact) mass is 257 g/mol. The Balaban J connectivity index is 2.86. The van der Waals surface area contributed by atoms with Gasteiger partial charge in [0.2, 0.25) is 0 Å². The van der Waals surface area contributed by atoms with Crippen molar-refractivity contribution in [3.63, 3.8) is 0 Å². The second kappa shape index (κ2) is 6.20. The van der Waals surface area contributed by atoms with Crippen LogP contribution in [-0.4, -0.2) is 27.1 Å². The zero-order chi connectivity index (χ0) is 12.1. The molecule has 4 N–H and O–H groups in total. The Morgan fingerprint density at radius 1 is 1.44 bits per heavy atom. The maximum Gasteiger partial charge on any atom is 0.105 e. The van der Waals surface area contributed by atoms with Crippen LogP contribution in [0.3, 0.4) is 0 Å². The molecular weight excluding hydrogens is 242 g/mol. The van der Waals surface area contributed by atoms with Crippen molar-refractivity contribution < 1.29 is 10.2 Å². The average Bonchev–Trinajstić information content (AvgIpc) is 2.28. The number of aliphatic hydroxyl groups excluding tert-OH is 2. The minimum absolute atomic E-state index is 0.276.